The molecule has 0 saturated carbocycles. The van der Waals surface area contributed by atoms with Gasteiger partial charge in [-0.25, -0.2) is 4.98 Å². The number of nitrogens with zero attached hydrogens (tertiary/aromatic N) is 1. The Morgan fingerprint density at radius 2 is 2.12 bits per heavy atom. The zero-order valence-electron chi connectivity index (χ0n) is 10.3. The molecule has 0 saturated heterocycles. The fourth-order valence-corrected chi connectivity index (χ4v) is 2.31. The summed E-state index contributed by atoms with van der Waals surface area (Å²) in [5.74, 6) is 0.916. The van der Waals surface area contributed by atoms with E-state index in [1.54, 1.807) is 0 Å². The van der Waals surface area contributed by atoms with Crippen molar-refractivity contribution in [3.8, 4) is 11.4 Å². The Kier molecular flexibility index (Phi) is 3.64. The molecular formula is C13H16BrN3. The second-order valence-corrected chi connectivity index (χ2v) is 4.95. The SMILES string of the molecule is CNCc1[nH]c(-c2ccc(C)cc2C)nc1Br. The fraction of sp³-hybridized carbons (Fsp3) is 0.308. The minimum atomic E-state index is 0.776. The Morgan fingerprint density at radius 1 is 1.35 bits per heavy atom. The highest BCUT2D eigenvalue weighted by molar-refractivity contribution is 9.10. The summed E-state index contributed by atoms with van der Waals surface area (Å²) in [7, 11) is 1.92. The van der Waals surface area contributed by atoms with Gasteiger partial charge in [-0.05, 0) is 42.4 Å². The van der Waals surface area contributed by atoms with E-state index < -0.39 is 0 Å². The average molecular weight is 294 g/mol. The van der Waals surface area contributed by atoms with Crippen LogP contribution in [0, 0.1) is 13.8 Å². The maximum absolute atomic E-state index is 4.51. The number of hydrogen-bond acceptors (Lipinski definition) is 2. The molecule has 17 heavy (non-hydrogen) atoms. The maximum atomic E-state index is 4.51. The van der Waals surface area contributed by atoms with Gasteiger partial charge < -0.3 is 10.3 Å². The van der Waals surface area contributed by atoms with Crippen LogP contribution >= 0.6 is 15.9 Å². The second kappa shape index (κ2) is 5.02. The third-order valence-electron chi connectivity index (χ3n) is 2.72. The molecule has 0 bridgehead atoms. The molecule has 0 unspecified atom stereocenters. The molecule has 4 heteroatoms. The summed E-state index contributed by atoms with van der Waals surface area (Å²) in [6.07, 6.45) is 0. The number of aromatic nitrogens is 2. The highest BCUT2D eigenvalue weighted by Gasteiger charge is 2.10. The van der Waals surface area contributed by atoms with Crippen LogP contribution < -0.4 is 5.32 Å². The van der Waals surface area contributed by atoms with Crippen LogP contribution in [0.25, 0.3) is 11.4 Å². The van der Waals surface area contributed by atoms with Gasteiger partial charge in [0.1, 0.15) is 10.4 Å². The molecule has 2 N–H and O–H groups in total. The number of benzene rings is 1. The summed E-state index contributed by atoms with van der Waals surface area (Å²) in [5.41, 5.74) is 4.73. The summed E-state index contributed by atoms with van der Waals surface area (Å²) in [5, 5.41) is 3.11. The van der Waals surface area contributed by atoms with Crippen molar-refractivity contribution in [3.05, 3.63) is 39.6 Å². The highest BCUT2D eigenvalue weighted by Crippen LogP contribution is 2.25. The Bertz CT molecular complexity index is 531. The Morgan fingerprint density at radius 3 is 2.76 bits per heavy atom. The number of aromatic amines is 1. The number of imidazole rings is 1. The fourth-order valence-electron chi connectivity index (χ4n) is 1.89. The normalized spacial score (nSPS) is 10.8. The highest BCUT2D eigenvalue weighted by atomic mass is 79.9. The van der Waals surface area contributed by atoms with Gasteiger partial charge in [0.15, 0.2) is 0 Å². The maximum Gasteiger partial charge on any atom is 0.139 e. The molecule has 1 heterocycles. The van der Waals surface area contributed by atoms with Crippen molar-refractivity contribution < 1.29 is 0 Å². The largest absolute Gasteiger partial charge is 0.340 e. The number of rotatable bonds is 3. The van der Waals surface area contributed by atoms with Crippen LogP contribution in [-0.2, 0) is 6.54 Å². The molecule has 90 valence electrons. The minimum Gasteiger partial charge on any atom is -0.340 e. The predicted molar refractivity (Wildman–Crippen MR) is 74.0 cm³/mol. The zero-order chi connectivity index (χ0) is 12.4. The van der Waals surface area contributed by atoms with Crippen molar-refractivity contribution >= 4 is 15.9 Å². The molecule has 1 aromatic heterocycles. The number of aryl methyl sites for hydroxylation is 2. The van der Waals surface area contributed by atoms with Gasteiger partial charge in [0.05, 0.1) is 5.69 Å². The quantitative estimate of drug-likeness (QED) is 0.913. The summed E-state index contributed by atoms with van der Waals surface area (Å²) < 4.78 is 0.877. The van der Waals surface area contributed by atoms with Crippen molar-refractivity contribution in [1.82, 2.24) is 15.3 Å². The third kappa shape index (κ3) is 2.58. The van der Waals surface area contributed by atoms with Crippen molar-refractivity contribution in [1.29, 1.82) is 0 Å². The molecule has 0 amide bonds. The van der Waals surface area contributed by atoms with Crippen molar-refractivity contribution in [3.63, 3.8) is 0 Å². The lowest BCUT2D eigenvalue weighted by Gasteiger charge is -2.03. The van der Waals surface area contributed by atoms with E-state index in [0.717, 1.165) is 28.2 Å². The van der Waals surface area contributed by atoms with E-state index in [1.165, 1.54) is 11.1 Å². The van der Waals surface area contributed by atoms with Crippen LogP contribution in [0.2, 0.25) is 0 Å². The molecule has 0 aliphatic rings. The number of halogens is 1. The average Bonchev–Trinajstić information content (AvgIpc) is 2.60. The Balaban J connectivity index is 2.42. The molecule has 0 spiro atoms. The summed E-state index contributed by atoms with van der Waals surface area (Å²) in [6.45, 7) is 4.98. The number of nitrogens with one attached hydrogen (secondary N) is 2. The van der Waals surface area contributed by atoms with Crippen molar-refractivity contribution in [2.24, 2.45) is 0 Å². The molecule has 0 fully saturated rings. The van der Waals surface area contributed by atoms with Gasteiger partial charge in [-0.1, -0.05) is 23.8 Å². The van der Waals surface area contributed by atoms with Crippen molar-refractivity contribution in [2.75, 3.05) is 7.05 Å². The summed E-state index contributed by atoms with van der Waals surface area (Å²) >= 11 is 3.47. The second-order valence-electron chi connectivity index (χ2n) is 4.20. The molecule has 3 nitrogen and oxygen atoms in total. The lowest BCUT2D eigenvalue weighted by atomic mass is 10.1. The van der Waals surface area contributed by atoms with Gasteiger partial charge >= 0.3 is 0 Å². The Labute approximate surface area is 110 Å². The third-order valence-corrected chi connectivity index (χ3v) is 3.37. The van der Waals surface area contributed by atoms with E-state index >= 15 is 0 Å². The van der Waals surface area contributed by atoms with Crippen LogP contribution in [0.4, 0.5) is 0 Å². The number of H-pyrrole nitrogens is 1. The Hall–Kier alpha value is -1.13. The van der Waals surface area contributed by atoms with Gasteiger partial charge in [0.2, 0.25) is 0 Å². The van der Waals surface area contributed by atoms with Crippen LogP contribution in [0.15, 0.2) is 22.8 Å². The van der Waals surface area contributed by atoms with E-state index in [-0.39, 0.29) is 0 Å². The molecule has 0 aliphatic heterocycles. The lowest BCUT2D eigenvalue weighted by molar-refractivity contribution is 0.793. The van der Waals surface area contributed by atoms with Gasteiger partial charge in [0, 0.05) is 12.1 Å². The zero-order valence-corrected chi connectivity index (χ0v) is 11.9. The topological polar surface area (TPSA) is 40.7 Å². The molecule has 0 radical (unpaired) electrons. The van der Waals surface area contributed by atoms with Gasteiger partial charge in [-0.2, -0.15) is 0 Å². The summed E-state index contributed by atoms with van der Waals surface area (Å²) in [4.78, 5) is 7.85. The summed E-state index contributed by atoms with van der Waals surface area (Å²) in [6, 6.07) is 6.39. The van der Waals surface area contributed by atoms with Crippen LogP contribution in [0.3, 0.4) is 0 Å². The molecular weight excluding hydrogens is 278 g/mol. The molecule has 2 aromatic rings. The van der Waals surface area contributed by atoms with Gasteiger partial charge in [0.25, 0.3) is 0 Å². The first-order chi connectivity index (χ1) is 8.11. The van der Waals surface area contributed by atoms with Crippen LogP contribution in [0.1, 0.15) is 16.8 Å². The van der Waals surface area contributed by atoms with E-state index in [2.05, 4.69) is 63.3 Å². The molecule has 0 aliphatic carbocycles. The van der Waals surface area contributed by atoms with Crippen molar-refractivity contribution in [2.45, 2.75) is 20.4 Å². The van der Waals surface area contributed by atoms with Gasteiger partial charge in [-0.3, -0.25) is 0 Å². The molecule has 0 atom stereocenters. The minimum absolute atomic E-state index is 0.776. The first kappa shape index (κ1) is 12.3. The van der Waals surface area contributed by atoms with Gasteiger partial charge in [-0.15, -0.1) is 0 Å². The molecule has 2 rings (SSSR count). The van der Waals surface area contributed by atoms with E-state index in [0.29, 0.717) is 0 Å². The first-order valence-electron chi connectivity index (χ1n) is 5.58. The monoisotopic (exact) mass is 293 g/mol. The smallest absolute Gasteiger partial charge is 0.139 e. The standard InChI is InChI=1S/C13H16BrN3/c1-8-4-5-10(9(2)6-8)13-16-11(7-15-3)12(14)17-13/h4-6,15H,7H2,1-3H3,(H,16,17). The molecule has 1 aromatic carbocycles. The van der Waals surface area contributed by atoms with Crippen LogP contribution in [-0.4, -0.2) is 17.0 Å². The van der Waals surface area contributed by atoms with E-state index in [9.17, 15) is 0 Å². The van der Waals surface area contributed by atoms with E-state index in [4.69, 9.17) is 0 Å². The predicted octanol–water partition coefficient (Wildman–Crippen LogP) is 3.18. The first-order valence-corrected chi connectivity index (χ1v) is 6.37. The lowest BCUT2D eigenvalue weighted by Crippen LogP contribution is -2.05. The number of hydrogen-bond donors (Lipinski definition) is 2. The van der Waals surface area contributed by atoms with E-state index in [1.807, 2.05) is 7.05 Å². The van der Waals surface area contributed by atoms with Crippen LogP contribution in [0.5, 0.6) is 0 Å².